The van der Waals surface area contributed by atoms with Gasteiger partial charge in [-0.2, -0.15) is 0 Å². The summed E-state index contributed by atoms with van der Waals surface area (Å²) in [4.78, 5) is 38.6. The van der Waals surface area contributed by atoms with Gasteiger partial charge in [-0.1, -0.05) is 54.9 Å². The summed E-state index contributed by atoms with van der Waals surface area (Å²) in [6.45, 7) is 2.51. The molecule has 0 aliphatic rings. The van der Waals surface area contributed by atoms with Gasteiger partial charge >= 0.3 is 0 Å². The number of ether oxygens (including phenoxy) is 1. The van der Waals surface area contributed by atoms with Gasteiger partial charge in [0.25, 0.3) is 15.7 Å². The maximum absolute atomic E-state index is 14.1. The maximum Gasteiger partial charge on any atom is 0.273 e. The van der Waals surface area contributed by atoms with Crippen LogP contribution in [0.2, 0.25) is 5.02 Å². The zero-order valence-electron chi connectivity index (χ0n) is 23.0. The topological polar surface area (TPSA) is 139 Å². The predicted molar refractivity (Wildman–Crippen MR) is 156 cm³/mol. The third-order valence-electron chi connectivity index (χ3n) is 6.48. The quantitative estimate of drug-likeness (QED) is 0.241. The third kappa shape index (κ3) is 7.14. The molecular formula is C28H31ClN4O7S. The lowest BCUT2D eigenvalue weighted by atomic mass is 10.1. The van der Waals surface area contributed by atoms with E-state index in [1.54, 1.807) is 31.2 Å². The van der Waals surface area contributed by atoms with Gasteiger partial charge in [0.2, 0.25) is 11.8 Å². The van der Waals surface area contributed by atoms with Gasteiger partial charge in [0.05, 0.1) is 22.6 Å². The van der Waals surface area contributed by atoms with E-state index in [0.717, 1.165) is 15.9 Å². The number of anilines is 1. The van der Waals surface area contributed by atoms with E-state index in [0.29, 0.717) is 0 Å². The van der Waals surface area contributed by atoms with E-state index in [2.05, 4.69) is 5.32 Å². The molecule has 3 aromatic carbocycles. The first kappa shape index (κ1) is 31.4. The number of methoxy groups -OCH3 is 1. The van der Waals surface area contributed by atoms with Gasteiger partial charge in [-0.25, -0.2) is 8.42 Å². The fourth-order valence-electron chi connectivity index (χ4n) is 4.31. The first-order valence-corrected chi connectivity index (χ1v) is 14.4. The molecule has 0 heterocycles. The van der Waals surface area contributed by atoms with Gasteiger partial charge < -0.3 is 15.0 Å². The van der Waals surface area contributed by atoms with Gasteiger partial charge in [0.1, 0.15) is 18.3 Å². The fraction of sp³-hybridized carbons (Fsp3) is 0.286. The number of benzene rings is 3. The van der Waals surface area contributed by atoms with E-state index in [4.69, 9.17) is 16.3 Å². The van der Waals surface area contributed by atoms with Crippen molar-refractivity contribution in [3.63, 3.8) is 0 Å². The number of rotatable bonds is 12. The summed E-state index contributed by atoms with van der Waals surface area (Å²) in [6, 6.07) is 15.8. The molecule has 0 aromatic heterocycles. The smallest absolute Gasteiger partial charge is 0.273 e. The first-order valence-electron chi connectivity index (χ1n) is 12.6. The minimum absolute atomic E-state index is 0.0299. The van der Waals surface area contributed by atoms with Crippen LogP contribution in [0.25, 0.3) is 0 Å². The molecule has 3 rings (SSSR count). The number of halogens is 1. The molecule has 0 fully saturated rings. The van der Waals surface area contributed by atoms with Crippen LogP contribution in [-0.4, -0.2) is 56.8 Å². The second-order valence-electron chi connectivity index (χ2n) is 9.08. The Kier molecular flexibility index (Phi) is 10.3. The van der Waals surface area contributed by atoms with Crippen molar-refractivity contribution in [3.05, 3.63) is 93.0 Å². The number of hydrogen-bond acceptors (Lipinski definition) is 7. The highest BCUT2D eigenvalue weighted by Gasteiger charge is 2.35. The number of nitrogens with zero attached hydrogens (tertiary/aromatic N) is 3. The van der Waals surface area contributed by atoms with Crippen molar-refractivity contribution in [1.29, 1.82) is 0 Å². The van der Waals surface area contributed by atoms with E-state index in [1.165, 1.54) is 56.3 Å². The van der Waals surface area contributed by atoms with Crippen molar-refractivity contribution >= 4 is 44.8 Å². The van der Waals surface area contributed by atoms with Gasteiger partial charge in [-0.05, 0) is 43.2 Å². The SMILES string of the molecule is CC[C@@H](C(=O)NC)N(Cc1ccccc1)C(=O)CN(c1cc(Cl)ccc1OC)S(=O)(=O)c1ccc(C)c([N+](=O)[O-])c1. The molecule has 0 saturated carbocycles. The lowest BCUT2D eigenvalue weighted by molar-refractivity contribution is -0.385. The highest BCUT2D eigenvalue weighted by Crippen LogP contribution is 2.36. The zero-order chi connectivity index (χ0) is 30.3. The van der Waals surface area contributed by atoms with Crippen LogP contribution in [0.5, 0.6) is 5.75 Å². The molecule has 0 bridgehead atoms. The Bertz CT molecular complexity index is 1530. The Balaban J connectivity index is 2.18. The number of nitrogens with one attached hydrogen (secondary N) is 1. The fourth-order valence-corrected chi connectivity index (χ4v) is 5.91. The van der Waals surface area contributed by atoms with Crippen molar-refractivity contribution in [3.8, 4) is 5.75 Å². The number of aryl methyl sites for hydroxylation is 1. The second kappa shape index (κ2) is 13.5. The summed E-state index contributed by atoms with van der Waals surface area (Å²) >= 11 is 6.23. The van der Waals surface area contributed by atoms with Gasteiger partial charge in [0.15, 0.2) is 0 Å². The molecule has 0 aliphatic carbocycles. The molecule has 0 aliphatic heterocycles. The minimum atomic E-state index is -4.59. The Hall–Kier alpha value is -4.16. The van der Waals surface area contributed by atoms with E-state index in [-0.39, 0.29) is 35.0 Å². The Morgan fingerprint density at radius 1 is 1.10 bits per heavy atom. The summed E-state index contributed by atoms with van der Waals surface area (Å²) < 4.78 is 34.4. The summed E-state index contributed by atoms with van der Waals surface area (Å²) in [6.07, 6.45) is 0.260. The summed E-state index contributed by atoms with van der Waals surface area (Å²) in [5, 5.41) is 14.3. The molecule has 0 radical (unpaired) electrons. The van der Waals surface area contributed by atoms with Crippen molar-refractivity contribution in [2.45, 2.75) is 37.8 Å². The predicted octanol–water partition coefficient (Wildman–Crippen LogP) is 4.31. The van der Waals surface area contributed by atoms with Gasteiger partial charge in [-0.3, -0.25) is 24.0 Å². The molecule has 3 aromatic rings. The lowest BCUT2D eigenvalue weighted by Crippen LogP contribution is -2.51. The lowest BCUT2D eigenvalue weighted by Gasteiger charge is -2.33. The largest absolute Gasteiger partial charge is 0.495 e. The highest BCUT2D eigenvalue weighted by molar-refractivity contribution is 7.92. The van der Waals surface area contributed by atoms with Crippen molar-refractivity contribution < 1.29 is 27.7 Å². The van der Waals surface area contributed by atoms with Gasteiger partial charge in [0, 0.05) is 30.2 Å². The molecule has 41 heavy (non-hydrogen) atoms. The molecule has 11 nitrogen and oxygen atoms in total. The van der Waals surface area contributed by atoms with Crippen LogP contribution in [0.4, 0.5) is 11.4 Å². The normalized spacial score (nSPS) is 11.8. The first-order chi connectivity index (χ1) is 19.4. The molecule has 0 saturated heterocycles. The number of carbonyl (C=O) groups excluding carboxylic acids is 2. The minimum Gasteiger partial charge on any atom is -0.495 e. The molecule has 218 valence electrons. The molecule has 0 unspecified atom stereocenters. The van der Waals surface area contributed by atoms with Crippen molar-refractivity contribution in [2.24, 2.45) is 0 Å². The summed E-state index contributed by atoms with van der Waals surface area (Å²) in [5.74, 6) is -1.00. The number of hydrogen-bond donors (Lipinski definition) is 1. The average molecular weight is 603 g/mol. The molecule has 13 heteroatoms. The maximum atomic E-state index is 14.1. The highest BCUT2D eigenvalue weighted by atomic mass is 35.5. The number of nitro benzene ring substituents is 1. The van der Waals surface area contributed by atoms with Crippen LogP contribution in [0.3, 0.4) is 0 Å². The zero-order valence-corrected chi connectivity index (χ0v) is 24.6. The van der Waals surface area contributed by atoms with Crippen molar-refractivity contribution in [1.82, 2.24) is 10.2 Å². The van der Waals surface area contributed by atoms with Crippen LogP contribution in [0.1, 0.15) is 24.5 Å². The van der Waals surface area contributed by atoms with Crippen LogP contribution in [0, 0.1) is 17.0 Å². The average Bonchev–Trinajstić information content (AvgIpc) is 2.95. The molecule has 0 spiro atoms. The number of amides is 2. The monoisotopic (exact) mass is 602 g/mol. The number of likely N-dealkylation sites (N-methyl/N-ethyl adjacent to an activating group) is 1. The van der Waals surface area contributed by atoms with E-state index in [9.17, 15) is 28.1 Å². The third-order valence-corrected chi connectivity index (χ3v) is 8.47. The van der Waals surface area contributed by atoms with E-state index < -0.39 is 49.9 Å². The van der Waals surface area contributed by atoms with Gasteiger partial charge in [-0.15, -0.1) is 0 Å². The molecule has 2 amide bonds. The van der Waals surface area contributed by atoms with Crippen LogP contribution in [0.15, 0.2) is 71.6 Å². The summed E-state index contributed by atoms with van der Waals surface area (Å²) in [7, 11) is -1.81. The van der Waals surface area contributed by atoms with E-state index in [1.807, 2.05) is 6.07 Å². The number of carbonyl (C=O) groups is 2. The van der Waals surface area contributed by atoms with E-state index >= 15 is 0 Å². The van der Waals surface area contributed by atoms with Crippen LogP contribution >= 0.6 is 11.6 Å². The molecular weight excluding hydrogens is 572 g/mol. The Morgan fingerprint density at radius 2 is 1.78 bits per heavy atom. The number of nitro groups is 1. The van der Waals surface area contributed by atoms with Crippen molar-refractivity contribution in [2.75, 3.05) is 25.0 Å². The van der Waals surface area contributed by atoms with Crippen LogP contribution < -0.4 is 14.4 Å². The molecule has 1 N–H and O–H groups in total. The van der Waals surface area contributed by atoms with Crippen LogP contribution in [-0.2, 0) is 26.2 Å². The molecule has 1 atom stereocenters. The Morgan fingerprint density at radius 3 is 2.37 bits per heavy atom. The Labute approximate surface area is 243 Å². The number of sulfonamides is 1. The second-order valence-corrected chi connectivity index (χ2v) is 11.4. The summed E-state index contributed by atoms with van der Waals surface area (Å²) in [5.41, 5.74) is 0.547. The standard InChI is InChI=1S/C28H31ClN4O7S/c1-5-23(28(35)30-3)31(17-20-9-7-6-8-10-20)27(34)18-32(25-15-21(29)12-14-26(25)40-4)41(38,39)22-13-11-19(2)24(16-22)33(36)37/h6-16,23H,5,17-18H2,1-4H3,(H,30,35)/t23-/m0/s1.